The van der Waals surface area contributed by atoms with Crippen LogP contribution in [0.4, 0.5) is 17.1 Å². The first-order valence-electron chi connectivity index (χ1n) is 18.8. The van der Waals surface area contributed by atoms with Crippen LogP contribution in [0.1, 0.15) is 0 Å². The molecule has 0 spiro atoms. The van der Waals surface area contributed by atoms with E-state index in [9.17, 15) is 0 Å². The van der Waals surface area contributed by atoms with Crippen molar-refractivity contribution in [3.05, 3.63) is 200 Å². The Bertz CT molecular complexity index is 3250. The molecule has 0 bridgehead atoms. The normalized spacial score (nSPS) is 11.6. The minimum absolute atomic E-state index is 0.710. The Balaban J connectivity index is 1.10. The van der Waals surface area contributed by atoms with E-state index in [1.54, 1.807) is 0 Å². The van der Waals surface area contributed by atoms with E-state index in [0.29, 0.717) is 5.82 Å². The quantitative estimate of drug-likeness (QED) is 0.160. The van der Waals surface area contributed by atoms with Crippen LogP contribution in [0.25, 0.3) is 81.3 Å². The van der Waals surface area contributed by atoms with Gasteiger partial charge in [0.1, 0.15) is 0 Å². The highest BCUT2D eigenvalue weighted by molar-refractivity contribution is 7.26. The van der Waals surface area contributed by atoms with Crippen molar-refractivity contribution < 1.29 is 4.40 Å². The Morgan fingerprint density at radius 1 is 0.429 bits per heavy atom. The maximum Gasteiger partial charge on any atom is 0.308 e. The zero-order valence-corrected chi connectivity index (χ0v) is 31.1. The lowest BCUT2D eigenvalue weighted by molar-refractivity contribution is -0.505. The van der Waals surface area contributed by atoms with Crippen molar-refractivity contribution in [3.8, 4) is 33.9 Å². The molecule has 262 valence electrons. The molecule has 0 amide bonds. The number of thiophene rings is 1. The van der Waals surface area contributed by atoms with Crippen LogP contribution in [-0.4, -0.2) is 9.97 Å². The summed E-state index contributed by atoms with van der Waals surface area (Å²) in [5.74, 6) is 1.57. The summed E-state index contributed by atoms with van der Waals surface area (Å²) in [4.78, 5) is 12.6. The van der Waals surface area contributed by atoms with Crippen LogP contribution >= 0.6 is 11.3 Å². The van der Waals surface area contributed by atoms with Crippen LogP contribution in [0.5, 0.6) is 0 Å². The van der Waals surface area contributed by atoms with E-state index < -0.39 is 0 Å². The average molecular weight is 734 g/mol. The van der Waals surface area contributed by atoms with Crippen molar-refractivity contribution in [3.63, 3.8) is 0 Å². The van der Waals surface area contributed by atoms with Gasteiger partial charge in [0.2, 0.25) is 0 Å². The number of benzene rings is 8. The molecule has 0 atom stereocenters. The summed E-state index contributed by atoms with van der Waals surface area (Å²) in [6.07, 6.45) is 2.03. The van der Waals surface area contributed by atoms with Crippen molar-refractivity contribution in [2.24, 2.45) is 0 Å². The Labute approximate surface area is 327 Å². The number of anilines is 3. The smallest absolute Gasteiger partial charge is 0.308 e. The van der Waals surface area contributed by atoms with E-state index in [1.165, 1.54) is 52.8 Å². The van der Waals surface area contributed by atoms with Crippen molar-refractivity contribution in [1.82, 2.24) is 9.97 Å². The van der Waals surface area contributed by atoms with Gasteiger partial charge in [-0.05, 0) is 87.9 Å². The van der Waals surface area contributed by atoms with Crippen LogP contribution in [0, 0.1) is 0 Å². The van der Waals surface area contributed by atoms with Crippen molar-refractivity contribution in [2.75, 3.05) is 4.90 Å². The van der Waals surface area contributed by atoms with Gasteiger partial charge >= 0.3 is 5.82 Å². The number of hydrogen-bond donors (Lipinski definition) is 0. The Morgan fingerprint density at radius 3 is 1.91 bits per heavy atom. The van der Waals surface area contributed by atoms with E-state index in [-0.39, 0.29) is 0 Å². The molecule has 0 saturated heterocycles. The number of fused-ring (bicyclic) bond motifs is 7. The highest BCUT2D eigenvalue weighted by Gasteiger charge is 2.23. The van der Waals surface area contributed by atoms with Gasteiger partial charge in [-0.3, -0.25) is 0 Å². The lowest BCUT2D eigenvalue weighted by Gasteiger charge is -2.27. The molecule has 0 saturated carbocycles. The minimum Gasteiger partial charge on any atom is -0.310 e. The SMILES string of the molecule is c1ccc(-c2ccc(N(c3ccc4ccccc4c3)c3cc4sc5cc(-c6nc(-c7ccccc7)[n+]7ccccc7n6)ccc5c4c4ccccc34)cc2)cc1. The summed E-state index contributed by atoms with van der Waals surface area (Å²) >= 11 is 1.83. The van der Waals surface area contributed by atoms with Gasteiger partial charge in [0.15, 0.2) is 0 Å². The fraction of sp³-hybridized carbons (Fsp3) is 0. The molecule has 56 heavy (non-hydrogen) atoms. The second-order valence-electron chi connectivity index (χ2n) is 14.1. The van der Waals surface area contributed by atoms with Gasteiger partial charge in [0, 0.05) is 43.0 Å². The largest absolute Gasteiger partial charge is 0.310 e. The lowest BCUT2D eigenvalue weighted by Crippen LogP contribution is -2.27. The summed E-state index contributed by atoms with van der Waals surface area (Å²) in [5.41, 5.74) is 8.66. The van der Waals surface area contributed by atoms with Crippen LogP contribution in [0.15, 0.2) is 200 Å². The zero-order valence-electron chi connectivity index (χ0n) is 30.2. The van der Waals surface area contributed by atoms with Crippen molar-refractivity contribution >= 4 is 75.8 Å². The number of nitrogens with zero attached hydrogens (tertiary/aromatic N) is 4. The lowest BCUT2D eigenvalue weighted by atomic mass is 9.99. The van der Waals surface area contributed by atoms with Crippen LogP contribution < -0.4 is 9.30 Å². The van der Waals surface area contributed by atoms with Gasteiger partial charge in [0.05, 0.1) is 23.0 Å². The first-order valence-corrected chi connectivity index (χ1v) is 19.6. The monoisotopic (exact) mass is 733 g/mol. The molecule has 0 aliphatic carbocycles. The number of rotatable bonds is 6. The molecule has 0 aliphatic rings. The average Bonchev–Trinajstić information content (AvgIpc) is 3.65. The van der Waals surface area contributed by atoms with Gasteiger partial charge in [-0.25, -0.2) is 0 Å². The standard InChI is InChI=1S/C51H33N4S/c1-3-13-34(14-4-1)36-22-26-40(27-23-36)55(41-28-24-35-15-7-8-18-38(35)31-41)45-33-47-49(43-20-10-9-19-42(43)45)44-29-25-39(32-46(44)56-47)50-52-48-21-11-12-30-54(48)51(53-50)37-16-5-2-6-17-37/h1-33H/q+1. The van der Waals surface area contributed by atoms with E-state index >= 15 is 0 Å². The van der Waals surface area contributed by atoms with Gasteiger partial charge in [0.25, 0.3) is 11.5 Å². The van der Waals surface area contributed by atoms with E-state index in [2.05, 4.69) is 179 Å². The molecule has 4 nitrogen and oxygen atoms in total. The summed E-state index contributed by atoms with van der Waals surface area (Å²) in [6, 6.07) is 69.3. The number of hydrogen-bond acceptors (Lipinski definition) is 4. The Hall–Kier alpha value is -7.21. The summed E-state index contributed by atoms with van der Waals surface area (Å²) in [6.45, 7) is 0. The third kappa shape index (κ3) is 5.48. The topological polar surface area (TPSA) is 33.1 Å². The molecule has 0 aliphatic heterocycles. The molecule has 3 aromatic heterocycles. The molecule has 11 rings (SSSR count). The highest BCUT2D eigenvalue weighted by atomic mass is 32.1. The zero-order chi connectivity index (χ0) is 37.0. The van der Waals surface area contributed by atoms with Gasteiger partial charge in [-0.2, -0.15) is 4.40 Å². The molecular weight excluding hydrogens is 701 g/mol. The minimum atomic E-state index is 0.710. The third-order valence-corrected chi connectivity index (χ3v) is 11.8. The maximum absolute atomic E-state index is 5.15. The summed E-state index contributed by atoms with van der Waals surface area (Å²) < 4.78 is 4.49. The molecule has 8 aromatic carbocycles. The number of pyridine rings is 1. The molecule has 0 N–H and O–H groups in total. The molecule has 0 fully saturated rings. The first-order chi connectivity index (χ1) is 27.7. The van der Waals surface area contributed by atoms with E-state index in [4.69, 9.17) is 9.97 Å². The second-order valence-corrected chi connectivity index (χ2v) is 15.2. The van der Waals surface area contributed by atoms with Gasteiger partial charge < -0.3 is 4.90 Å². The summed E-state index contributed by atoms with van der Waals surface area (Å²) in [5, 5.41) is 7.37. The summed E-state index contributed by atoms with van der Waals surface area (Å²) in [7, 11) is 0. The first kappa shape index (κ1) is 32.2. The molecule has 5 heteroatoms. The van der Waals surface area contributed by atoms with E-state index in [1.807, 2.05) is 41.8 Å². The Kier molecular flexibility index (Phi) is 7.64. The fourth-order valence-corrected chi connectivity index (χ4v) is 9.23. The van der Waals surface area contributed by atoms with Crippen LogP contribution in [0.3, 0.4) is 0 Å². The van der Waals surface area contributed by atoms with Crippen molar-refractivity contribution in [2.45, 2.75) is 0 Å². The fourth-order valence-electron chi connectivity index (χ4n) is 8.03. The molecule has 0 radical (unpaired) electrons. The van der Waals surface area contributed by atoms with Gasteiger partial charge in [-0.15, -0.1) is 11.3 Å². The predicted octanol–water partition coefficient (Wildman–Crippen LogP) is 13.4. The third-order valence-electron chi connectivity index (χ3n) is 10.7. The predicted molar refractivity (Wildman–Crippen MR) is 234 cm³/mol. The van der Waals surface area contributed by atoms with Gasteiger partial charge in [-0.1, -0.05) is 137 Å². The molecule has 11 aromatic rings. The van der Waals surface area contributed by atoms with Crippen molar-refractivity contribution in [1.29, 1.82) is 0 Å². The molecule has 3 heterocycles. The van der Waals surface area contributed by atoms with E-state index in [0.717, 1.165) is 39.7 Å². The van der Waals surface area contributed by atoms with Crippen LogP contribution in [-0.2, 0) is 0 Å². The Morgan fingerprint density at radius 2 is 1.09 bits per heavy atom. The highest BCUT2D eigenvalue weighted by Crippen LogP contribution is 2.47. The molecule has 0 unspecified atom stereocenters. The second kappa shape index (κ2) is 13.3. The van der Waals surface area contributed by atoms with Crippen LogP contribution in [0.2, 0.25) is 0 Å². The molecular formula is C51H33N4S+. The maximum atomic E-state index is 5.15. The number of aromatic nitrogens is 3.